The van der Waals surface area contributed by atoms with E-state index in [0.717, 1.165) is 13.2 Å². The molecule has 0 heterocycles. The van der Waals surface area contributed by atoms with Gasteiger partial charge < -0.3 is 34.9 Å². The van der Waals surface area contributed by atoms with Crippen molar-refractivity contribution in [3.63, 3.8) is 0 Å². The predicted molar refractivity (Wildman–Crippen MR) is 56.1 cm³/mol. The fourth-order valence-electron chi connectivity index (χ4n) is 0.204. The number of ether oxygens (including phenoxy) is 1. The van der Waals surface area contributed by atoms with E-state index in [9.17, 15) is 12.9 Å². The molecule has 0 spiro atoms. The predicted octanol–water partition coefficient (Wildman–Crippen LogP) is -2.18. The quantitative estimate of drug-likeness (QED) is 0.313. The summed E-state index contributed by atoms with van der Waals surface area (Å²) in [5.74, 6) is 0. The zero-order chi connectivity index (χ0) is 14.9. The van der Waals surface area contributed by atoms with Crippen molar-refractivity contribution in [3.8, 4) is 0 Å². The molecule has 0 aliphatic heterocycles. The second kappa shape index (κ2) is 24.8. The summed E-state index contributed by atoms with van der Waals surface area (Å²) < 4.78 is 35.2. The lowest BCUT2D eigenvalue weighted by atomic mass is 10.3. The van der Waals surface area contributed by atoms with Crippen LogP contribution in [0.1, 0.15) is 13.8 Å². The van der Waals surface area contributed by atoms with Crippen LogP contribution in [0.5, 0.6) is 0 Å². The third kappa shape index (κ3) is 1010. The van der Waals surface area contributed by atoms with E-state index in [1.807, 2.05) is 13.8 Å². The van der Waals surface area contributed by atoms with E-state index in [1.54, 1.807) is 0 Å². The van der Waals surface area contributed by atoms with Gasteiger partial charge in [0.25, 0.3) is 0 Å². The summed E-state index contributed by atoms with van der Waals surface area (Å²) in [5, 5.41) is 41.7. The summed E-state index contributed by atoms with van der Waals surface area (Å²) >= 11 is 0. The van der Waals surface area contributed by atoms with Crippen LogP contribution in [0.25, 0.3) is 0 Å². The summed E-state index contributed by atoms with van der Waals surface area (Å²) in [7, 11) is -8.00. The van der Waals surface area contributed by atoms with Crippen LogP contribution >= 0.6 is 0 Å². The summed E-state index contributed by atoms with van der Waals surface area (Å²) in [5.41, 5.74) is 0. The van der Waals surface area contributed by atoms with Gasteiger partial charge in [0.2, 0.25) is 0 Å². The Kier molecular flexibility index (Phi) is 37.2. The average Bonchev–Trinajstić information content (AvgIpc) is 2.01. The largest absolute Gasteiger partial charge is 0.674 e. The smallest absolute Gasteiger partial charge is 0.398 e. The molecule has 0 radical (unpaired) electrons. The number of rotatable bonds is 2. The molecule has 104 valence electrons. The molecule has 0 aliphatic carbocycles. The Labute approximate surface area is 98.1 Å². The molecule has 7 nitrogen and oxygen atoms in total. The van der Waals surface area contributed by atoms with E-state index < -0.39 is 22.2 Å². The molecular formula is C4H16B3F3O7. The Hall–Kier alpha value is -0.295. The second-order valence-corrected chi connectivity index (χ2v) is 1.71. The Morgan fingerprint density at radius 1 is 0.706 bits per heavy atom. The lowest BCUT2D eigenvalue weighted by molar-refractivity contribution is 0.162. The van der Waals surface area contributed by atoms with Gasteiger partial charge in [0.05, 0.1) is 0 Å². The Balaban J connectivity index is -0.0000000667. The maximum atomic E-state index is 10.1. The van der Waals surface area contributed by atoms with Crippen molar-refractivity contribution in [1.29, 1.82) is 0 Å². The van der Waals surface area contributed by atoms with Crippen LogP contribution in [-0.4, -0.2) is 65.5 Å². The zero-order valence-corrected chi connectivity index (χ0v) is 9.37. The minimum atomic E-state index is -2.67. The first kappa shape index (κ1) is 25.5. The lowest BCUT2D eigenvalue weighted by Gasteiger charge is -1.86. The molecule has 0 bridgehead atoms. The fourth-order valence-corrected chi connectivity index (χ4v) is 0.204. The second-order valence-electron chi connectivity index (χ2n) is 1.71. The molecule has 6 N–H and O–H groups in total. The Morgan fingerprint density at radius 3 is 0.824 bits per heavy atom. The molecule has 0 unspecified atom stereocenters. The van der Waals surface area contributed by atoms with Gasteiger partial charge in [-0.15, -0.1) is 0 Å². The molecule has 0 saturated heterocycles. The first-order valence-electron chi connectivity index (χ1n) is 4.20. The molecular weight excluding hydrogens is 249 g/mol. The minimum Gasteiger partial charge on any atom is -0.398 e. The molecule has 13 heteroatoms. The number of halogens is 3. The van der Waals surface area contributed by atoms with Crippen molar-refractivity contribution in [2.75, 3.05) is 13.2 Å². The van der Waals surface area contributed by atoms with E-state index in [1.165, 1.54) is 0 Å². The Morgan fingerprint density at radius 2 is 0.824 bits per heavy atom. The summed E-state index contributed by atoms with van der Waals surface area (Å²) in [6.45, 7) is 5.67. The van der Waals surface area contributed by atoms with Crippen LogP contribution in [0.4, 0.5) is 12.9 Å². The van der Waals surface area contributed by atoms with Gasteiger partial charge in [0.1, 0.15) is 0 Å². The first-order chi connectivity index (χ1) is 7.61. The van der Waals surface area contributed by atoms with Gasteiger partial charge in [-0.1, -0.05) is 0 Å². The van der Waals surface area contributed by atoms with Crippen LogP contribution in [0, 0.1) is 0 Å². The van der Waals surface area contributed by atoms with Crippen LogP contribution in [0.15, 0.2) is 0 Å². The van der Waals surface area contributed by atoms with Crippen molar-refractivity contribution < 1.29 is 47.8 Å². The fraction of sp³-hybridized carbons (Fsp3) is 1.00. The minimum absolute atomic E-state index is 0.844. The third-order valence-electron chi connectivity index (χ3n) is 0.408. The van der Waals surface area contributed by atoms with Crippen LogP contribution in [-0.2, 0) is 4.74 Å². The highest BCUT2D eigenvalue weighted by Crippen LogP contribution is 1.64. The highest BCUT2D eigenvalue weighted by molar-refractivity contribution is 6.32. The van der Waals surface area contributed by atoms with Crippen LogP contribution < -0.4 is 0 Å². The summed E-state index contributed by atoms with van der Waals surface area (Å²) in [4.78, 5) is 0. The molecule has 0 aromatic heterocycles. The lowest BCUT2D eigenvalue weighted by Crippen LogP contribution is -1.98. The highest BCUT2D eigenvalue weighted by Gasteiger charge is 1.98. The van der Waals surface area contributed by atoms with Gasteiger partial charge in [0, 0.05) is 13.2 Å². The average molecular weight is 266 g/mol. The highest BCUT2D eigenvalue weighted by atomic mass is 19.1. The van der Waals surface area contributed by atoms with Crippen molar-refractivity contribution in [1.82, 2.24) is 0 Å². The standard InChI is InChI=1S/C4H10O.3BFH2O2/c1-3-5-4-2;3*2-1(3)4/h3-4H2,1-2H3;3*3-4H. The zero-order valence-electron chi connectivity index (χ0n) is 9.37. The van der Waals surface area contributed by atoms with E-state index >= 15 is 0 Å². The maximum Gasteiger partial charge on any atom is 0.674 e. The molecule has 0 fully saturated rings. The van der Waals surface area contributed by atoms with Crippen LogP contribution in [0.3, 0.4) is 0 Å². The molecule has 0 rings (SSSR count). The topological polar surface area (TPSA) is 131 Å². The van der Waals surface area contributed by atoms with Crippen molar-refractivity contribution in [2.45, 2.75) is 13.8 Å². The Bertz CT molecular complexity index is 87.8. The maximum absolute atomic E-state index is 10.1. The molecule has 0 aromatic carbocycles. The SMILES string of the molecule is CCOCC.OB(O)F.OB(O)F.OB(O)F. The summed E-state index contributed by atoms with van der Waals surface area (Å²) in [6, 6.07) is 0. The van der Waals surface area contributed by atoms with E-state index in [4.69, 9.17) is 34.9 Å². The first-order valence-corrected chi connectivity index (χ1v) is 4.20. The van der Waals surface area contributed by atoms with Gasteiger partial charge in [-0.2, -0.15) is 0 Å². The molecule has 17 heavy (non-hydrogen) atoms. The van der Waals surface area contributed by atoms with Gasteiger partial charge in [-0.05, 0) is 13.8 Å². The molecule has 0 aromatic rings. The monoisotopic (exact) mass is 266 g/mol. The van der Waals surface area contributed by atoms with E-state index in [2.05, 4.69) is 0 Å². The van der Waals surface area contributed by atoms with Crippen LogP contribution in [0.2, 0.25) is 0 Å². The van der Waals surface area contributed by atoms with Gasteiger partial charge in [-0.25, -0.2) is 0 Å². The third-order valence-corrected chi connectivity index (χ3v) is 0.408. The molecule has 0 amide bonds. The van der Waals surface area contributed by atoms with Crippen molar-refractivity contribution >= 4 is 22.2 Å². The van der Waals surface area contributed by atoms with Gasteiger partial charge >= 0.3 is 22.2 Å². The molecule has 0 saturated carbocycles. The van der Waals surface area contributed by atoms with Crippen molar-refractivity contribution in [3.05, 3.63) is 0 Å². The normalized spacial score (nSPS) is 7.24. The summed E-state index contributed by atoms with van der Waals surface area (Å²) in [6.07, 6.45) is 0. The van der Waals surface area contributed by atoms with Crippen molar-refractivity contribution in [2.24, 2.45) is 0 Å². The molecule has 0 aliphatic rings. The van der Waals surface area contributed by atoms with E-state index in [0.29, 0.717) is 0 Å². The number of hydrogen-bond acceptors (Lipinski definition) is 7. The molecule has 0 atom stereocenters. The van der Waals surface area contributed by atoms with E-state index in [-0.39, 0.29) is 0 Å². The van der Waals surface area contributed by atoms with Gasteiger partial charge in [0.15, 0.2) is 0 Å². The number of hydrogen-bond donors (Lipinski definition) is 6. The van der Waals surface area contributed by atoms with Gasteiger partial charge in [-0.3, -0.25) is 12.9 Å².